The number of carbonyl (C=O) groups excluding carboxylic acids is 4. The Morgan fingerprint density at radius 3 is 2.59 bits per heavy atom. The quantitative estimate of drug-likeness (QED) is 0.226. The second-order valence-corrected chi connectivity index (χ2v) is 9.67. The minimum atomic E-state index is -1.22. The SMILES string of the molecule is CCCCCC[C@@H]1C(=O)OCCCCC/C=C\C/C=C\C[C@H](OC(=O)[C@H](CC(N)=O)NC(C)=O)C[C@@H]1O. The average Bonchev–Trinajstić information content (AvgIpc) is 2.83. The fourth-order valence-corrected chi connectivity index (χ4v) is 4.23. The van der Waals surface area contributed by atoms with E-state index in [-0.39, 0.29) is 6.42 Å². The third kappa shape index (κ3) is 15.2. The molecule has 0 saturated carbocycles. The molecule has 9 nitrogen and oxygen atoms in total. The topological polar surface area (TPSA) is 145 Å². The zero-order valence-electron chi connectivity index (χ0n) is 22.5. The van der Waals surface area contributed by atoms with Crippen molar-refractivity contribution in [2.24, 2.45) is 11.7 Å². The Bertz CT molecular complexity index is 750. The Morgan fingerprint density at radius 1 is 1.14 bits per heavy atom. The number of nitrogens with two attached hydrogens (primary N) is 1. The lowest BCUT2D eigenvalue weighted by Gasteiger charge is -2.26. The summed E-state index contributed by atoms with van der Waals surface area (Å²) in [6.07, 6.45) is 14.8. The number of amides is 2. The van der Waals surface area contributed by atoms with E-state index in [4.69, 9.17) is 15.2 Å². The molecule has 0 spiro atoms. The monoisotopic (exact) mass is 522 g/mol. The van der Waals surface area contributed by atoms with Crippen molar-refractivity contribution < 1.29 is 33.8 Å². The van der Waals surface area contributed by atoms with E-state index >= 15 is 0 Å². The van der Waals surface area contributed by atoms with Gasteiger partial charge in [-0.2, -0.15) is 0 Å². The highest BCUT2D eigenvalue weighted by Crippen LogP contribution is 2.23. The van der Waals surface area contributed by atoms with Gasteiger partial charge in [-0.15, -0.1) is 0 Å². The van der Waals surface area contributed by atoms with Crippen molar-refractivity contribution >= 4 is 23.8 Å². The number of allylic oxidation sites excluding steroid dienone is 3. The number of ether oxygens (including phenoxy) is 2. The van der Waals surface area contributed by atoms with Crippen molar-refractivity contribution in [2.75, 3.05) is 6.61 Å². The number of carbonyl (C=O) groups is 4. The number of hydrogen-bond donors (Lipinski definition) is 3. The van der Waals surface area contributed by atoms with E-state index in [2.05, 4.69) is 24.4 Å². The van der Waals surface area contributed by atoms with E-state index in [9.17, 15) is 24.3 Å². The molecule has 0 bridgehead atoms. The number of nitrogens with one attached hydrogen (secondary N) is 1. The molecule has 0 aromatic rings. The van der Waals surface area contributed by atoms with E-state index in [1.807, 2.05) is 12.2 Å². The molecule has 4 N–H and O–H groups in total. The molecule has 1 aliphatic heterocycles. The van der Waals surface area contributed by atoms with Crippen molar-refractivity contribution in [1.82, 2.24) is 5.32 Å². The highest BCUT2D eigenvalue weighted by Gasteiger charge is 2.32. The van der Waals surface area contributed by atoms with Gasteiger partial charge in [-0.3, -0.25) is 14.4 Å². The van der Waals surface area contributed by atoms with Gasteiger partial charge < -0.3 is 25.6 Å². The summed E-state index contributed by atoms with van der Waals surface area (Å²) >= 11 is 0. The maximum Gasteiger partial charge on any atom is 0.329 e. The highest BCUT2D eigenvalue weighted by atomic mass is 16.5. The second-order valence-electron chi connectivity index (χ2n) is 9.67. The highest BCUT2D eigenvalue weighted by molar-refractivity contribution is 5.88. The van der Waals surface area contributed by atoms with Crippen LogP contribution in [-0.4, -0.2) is 53.7 Å². The minimum absolute atomic E-state index is 0.0167. The maximum atomic E-state index is 12.9. The lowest BCUT2D eigenvalue weighted by Crippen LogP contribution is -2.45. The molecular formula is C28H46N2O7. The van der Waals surface area contributed by atoms with Crippen LogP contribution in [-0.2, 0) is 28.7 Å². The lowest BCUT2D eigenvalue weighted by atomic mass is 9.91. The van der Waals surface area contributed by atoms with Gasteiger partial charge in [0.15, 0.2) is 0 Å². The normalized spacial score (nSPS) is 24.6. The summed E-state index contributed by atoms with van der Waals surface area (Å²) in [6, 6.07) is -1.22. The van der Waals surface area contributed by atoms with Crippen LogP contribution in [0.1, 0.15) is 97.3 Å². The first-order valence-corrected chi connectivity index (χ1v) is 13.6. The minimum Gasteiger partial charge on any atom is -0.465 e. The third-order valence-electron chi connectivity index (χ3n) is 6.25. The Morgan fingerprint density at radius 2 is 1.89 bits per heavy atom. The van der Waals surface area contributed by atoms with E-state index in [0.717, 1.165) is 57.8 Å². The van der Waals surface area contributed by atoms with Crippen LogP contribution in [0.25, 0.3) is 0 Å². The standard InChI is InChI=1S/C28H46N2O7/c1-3-4-5-14-17-23-25(32)19-22(37-28(35)24(20-26(29)33)30-21(2)31)16-13-11-9-7-6-8-10-12-15-18-36-27(23)34/h6-7,11,13,22-25,32H,3-5,8-10,12,14-20H2,1-2H3,(H2,29,33)(H,30,31)/b7-6-,13-11-/t22-,23-,24-,25-/m0/s1. The van der Waals surface area contributed by atoms with E-state index < -0.39 is 54.3 Å². The van der Waals surface area contributed by atoms with Crippen LogP contribution in [0.2, 0.25) is 0 Å². The molecule has 37 heavy (non-hydrogen) atoms. The molecule has 0 radical (unpaired) electrons. The number of cyclic esters (lactones) is 1. The van der Waals surface area contributed by atoms with Crippen LogP contribution in [0.3, 0.4) is 0 Å². The van der Waals surface area contributed by atoms with Crippen LogP contribution in [0.5, 0.6) is 0 Å². The van der Waals surface area contributed by atoms with Crippen molar-refractivity contribution in [3.05, 3.63) is 24.3 Å². The molecule has 0 fully saturated rings. The first kappa shape index (κ1) is 32.3. The number of unbranched alkanes of at least 4 members (excludes halogenated alkanes) is 3. The summed E-state index contributed by atoms with van der Waals surface area (Å²) in [5, 5.41) is 13.5. The second kappa shape index (κ2) is 19.4. The first-order valence-electron chi connectivity index (χ1n) is 13.6. The predicted octanol–water partition coefficient (Wildman–Crippen LogP) is 3.63. The van der Waals surface area contributed by atoms with Crippen LogP contribution in [0, 0.1) is 5.92 Å². The number of hydrogen-bond acceptors (Lipinski definition) is 7. The number of esters is 2. The number of aliphatic hydroxyl groups is 1. The molecule has 0 unspecified atom stereocenters. The van der Waals surface area contributed by atoms with Gasteiger partial charge in [-0.1, -0.05) is 56.9 Å². The van der Waals surface area contributed by atoms with Gasteiger partial charge in [0.1, 0.15) is 12.1 Å². The van der Waals surface area contributed by atoms with Crippen LogP contribution in [0.4, 0.5) is 0 Å². The largest absolute Gasteiger partial charge is 0.465 e. The van der Waals surface area contributed by atoms with E-state index in [1.165, 1.54) is 6.92 Å². The van der Waals surface area contributed by atoms with E-state index in [0.29, 0.717) is 19.4 Å². The Balaban J connectivity index is 3.06. The summed E-state index contributed by atoms with van der Waals surface area (Å²) < 4.78 is 11.1. The Kier molecular flexibility index (Phi) is 17.0. The van der Waals surface area contributed by atoms with Gasteiger partial charge in [0, 0.05) is 19.8 Å². The zero-order valence-corrected chi connectivity index (χ0v) is 22.5. The molecule has 0 saturated heterocycles. The summed E-state index contributed by atoms with van der Waals surface area (Å²) in [5.74, 6) is -3.23. The summed E-state index contributed by atoms with van der Waals surface area (Å²) in [5.41, 5.74) is 5.23. The molecule has 1 heterocycles. The molecular weight excluding hydrogens is 476 g/mol. The molecule has 1 aliphatic rings. The molecule has 0 aromatic carbocycles. The predicted molar refractivity (Wildman–Crippen MR) is 141 cm³/mol. The Labute approximate surface area is 221 Å². The fourth-order valence-electron chi connectivity index (χ4n) is 4.23. The molecule has 210 valence electrons. The van der Waals surface area contributed by atoms with Gasteiger partial charge >= 0.3 is 11.9 Å². The number of primary amides is 1. The smallest absolute Gasteiger partial charge is 0.329 e. The van der Waals surface area contributed by atoms with Gasteiger partial charge in [-0.05, 0) is 38.5 Å². The first-order chi connectivity index (χ1) is 17.7. The molecule has 0 aliphatic carbocycles. The van der Waals surface area contributed by atoms with Gasteiger partial charge in [0.2, 0.25) is 11.8 Å². The molecule has 2 amide bonds. The van der Waals surface area contributed by atoms with E-state index in [1.54, 1.807) is 0 Å². The van der Waals surface area contributed by atoms with Gasteiger partial charge in [0.05, 0.1) is 25.0 Å². The zero-order chi connectivity index (χ0) is 27.5. The maximum absolute atomic E-state index is 12.9. The molecule has 4 atom stereocenters. The van der Waals surface area contributed by atoms with Crippen molar-refractivity contribution in [3.8, 4) is 0 Å². The average molecular weight is 523 g/mol. The molecule has 9 heteroatoms. The lowest BCUT2D eigenvalue weighted by molar-refractivity contribution is -0.158. The van der Waals surface area contributed by atoms with Crippen molar-refractivity contribution in [1.29, 1.82) is 0 Å². The third-order valence-corrected chi connectivity index (χ3v) is 6.25. The van der Waals surface area contributed by atoms with Gasteiger partial charge in [0.25, 0.3) is 0 Å². The molecule has 1 rings (SSSR count). The van der Waals surface area contributed by atoms with Crippen LogP contribution >= 0.6 is 0 Å². The summed E-state index contributed by atoms with van der Waals surface area (Å²) in [4.78, 5) is 48.7. The fraction of sp³-hybridized carbons (Fsp3) is 0.714. The Hall–Kier alpha value is -2.68. The summed E-state index contributed by atoms with van der Waals surface area (Å²) in [7, 11) is 0. The van der Waals surface area contributed by atoms with Crippen LogP contribution < -0.4 is 11.1 Å². The number of aliphatic hydroxyl groups excluding tert-OH is 1. The van der Waals surface area contributed by atoms with Crippen LogP contribution in [0.15, 0.2) is 24.3 Å². The summed E-state index contributed by atoms with van der Waals surface area (Å²) in [6.45, 7) is 3.64. The number of rotatable bonds is 10. The van der Waals surface area contributed by atoms with Crippen molar-refractivity contribution in [2.45, 2.75) is 116 Å². The van der Waals surface area contributed by atoms with Crippen molar-refractivity contribution in [3.63, 3.8) is 0 Å². The molecule has 0 aromatic heterocycles. The van der Waals surface area contributed by atoms with Gasteiger partial charge in [-0.25, -0.2) is 4.79 Å².